The third-order valence-corrected chi connectivity index (χ3v) is 2.81. The Hall–Kier alpha value is -1.06. The number of amides is 1. The summed E-state index contributed by atoms with van der Waals surface area (Å²) in [5, 5.41) is 2.76. The van der Waals surface area contributed by atoms with Crippen molar-refractivity contribution in [2.24, 2.45) is 5.92 Å². The van der Waals surface area contributed by atoms with E-state index in [0.717, 1.165) is 25.7 Å². The number of Topliss-reactive ketones (excluding diaryl/α,β-unsaturated/α-hetero) is 1. The fraction of sp³-hybridized carbons (Fsp3) is 0.857. The summed E-state index contributed by atoms with van der Waals surface area (Å²) >= 11 is 0. The minimum Gasteiger partial charge on any atom is -0.453 e. The van der Waals surface area contributed by atoms with Gasteiger partial charge in [0.25, 0.3) is 0 Å². The molecule has 0 aromatic rings. The van der Waals surface area contributed by atoms with E-state index in [1.807, 2.05) is 27.7 Å². The molecule has 1 aliphatic rings. The first-order chi connectivity index (χ1) is 8.63. The molecule has 1 N–H and O–H groups in total. The van der Waals surface area contributed by atoms with Crippen LogP contribution in [0.25, 0.3) is 0 Å². The highest BCUT2D eigenvalue weighted by atomic mass is 16.5. The van der Waals surface area contributed by atoms with Gasteiger partial charge in [0.2, 0.25) is 0 Å². The van der Waals surface area contributed by atoms with E-state index in [-0.39, 0.29) is 23.8 Å². The molecule has 1 aliphatic carbocycles. The lowest BCUT2D eigenvalue weighted by Crippen LogP contribution is -2.38. The van der Waals surface area contributed by atoms with Gasteiger partial charge >= 0.3 is 6.09 Å². The van der Waals surface area contributed by atoms with Crippen molar-refractivity contribution in [3.63, 3.8) is 0 Å². The SMILES string of the molecule is CC.CC.COC(=O)NC1CCC(C(C)=O)CC1. The summed E-state index contributed by atoms with van der Waals surface area (Å²) in [5.41, 5.74) is 0. The molecule has 4 nitrogen and oxygen atoms in total. The minimum atomic E-state index is -0.378. The van der Waals surface area contributed by atoms with Gasteiger partial charge in [0.15, 0.2) is 0 Å². The van der Waals surface area contributed by atoms with E-state index in [4.69, 9.17) is 0 Å². The van der Waals surface area contributed by atoms with Crippen molar-refractivity contribution in [2.75, 3.05) is 7.11 Å². The molecule has 1 fully saturated rings. The highest BCUT2D eigenvalue weighted by Crippen LogP contribution is 2.24. The normalized spacial score (nSPS) is 21.4. The maximum atomic E-state index is 11.1. The summed E-state index contributed by atoms with van der Waals surface area (Å²) in [6, 6.07) is 0.179. The molecule has 0 aliphatic heterocycles. The summed E-state index contributed by atoms with van der Waals surface area (Å²) in [6.45, 7) is 9.64. The number of hydrogen-bond donors (Lipinski definition) is 1. The van der Waals surface area contributed by atoms with Gasteiger partial charge in [-0.1, -0.05) is 27.7 Å². The molecule has 0 saturated heterocycles. The number of alkyl carbamates (subject to hydrolysis) is 1. The van der Waals surface area contributed by atoms with Crippen molar-refractivity contribution < 1.29 is 14.3 Å². The van der Waals surface area contributed by atoms with E-state index in [9.17, 15) is 9.59 Å². The van der Waals surface area contributed by atoms with Gasteiger partial charge in [-0.3, -0.25) is 4.79 Å². The number of carbonyl (C=O) groups excluding carboxylic acids is 2. The van der Waals surface area contributed by atoms with Crippen molar-refractivity contribution >= 4 is 11.9 Å². The Morgan fingerprint density at radius 2 is 1.44 bits per heavy atom. The average molecular weight is 259 g/mol. The van der Waals surface area contributed by atoms with Crippen LogP contribution >= 0.6 is 0 Å². The first-order valence-corrected chi connectivity index (χ1v) is 6.98. The van der Waals surface area contributed by atoms with Gasteiger partial charge in [0.05, 0.1) is 7.11 Å². The molecular weight excluding hydrogens is 230 g/mol. The molecule has 18 heavy (non-hydrogen) atoms. The third kappa shape index (κ3) is 8.09. The molecule has 0 unspecified atom stereocenters. The van der Waals surface area contributed by atoms with Gasteiger partial charge < -0.3 is 10.1 Å². The smallest absolute Gasteiger partial charge is 0.407 e. The third-order valence-electron chi connectivity index (χ3n) is 2.81. The summed E-state index contributed by atoms with van der Waals surface area (Å²) in [4.78, 5) is 22.0. The summed E-state index contributed by atoms with van der Waals surface area (Å²) < 4.78 is 4.51. The molecule has 0 bridgehead atoms. The highest BCUT2D eigenvalue weighted by Gasteiger charge is 2.24. The van der Waals surface area contributed by atoms with E-state index < -0.39 is 0 Å². The fourth-order valence-corrected chi connectivity index (χ4v) is 1.87. The predicted molar refractivity (Wildman–Crippen MR) is 74.7 cm³/mol. The summed E-state index contributed by atoms with van der Waals surface area (Å²) in [7, 11) is 1.36. The fourth-order valence-electron chi connectivity index (χ4n) is 1.87. The molecule has 1 rings (SSSR count). The number of methoxy groups -OCH3 is 1. The number of hydrogen-bond acceptors (Lipinski definition) is 3. The zero-order chi connectivity index (χ0) is 14.6. The number of carbonyl (C=O) groups is 2. The van der Waals surface area contributed by atoms with Crippen LogP contribution in [0.15, 0.2) is 0 Å². The second-order valence-electron chi connectivity index (χ2n) is 3.80. The molecule has 1 saturated carbocycles. The molecule has 0 aromatic carbocycles. The quantitative estimate of drug-likeness (QED) is 0.825. The van der Waals surface area contributed by atoms with Crippen LogP contribution in [0.2, 0.25) is 0 Å². The zero-order valence-electron chi connectivity index (χ0n) is 12.7. The second-order valence-corrected chi connectivity index (χ2v) is 3.80. The zero-order valence-corrected chi connectivity index (χ0v) is 12.7. The lowest BCUT2D eigenvalue weighted by atomic mass is 9.84. The van der Waals surface area contributed by atoms with Crippen LogP contribution in [-0.2, 0) is 9.53 Å². The van der Waals surface area contributed by atoms with E-state index in [0.29, 0.717) is 0 Å². The second kappa shape index (κ2) is 12.4. The molecule has 0 aromatic heterocycles. The maximum absolute atomic E-state index is 11.1. The van der Waals surface area contributed by atoms with Crippen molar-refractivity contribution in [3.05, 3.63) is 0 Å². The lowest BCUT2D eigenvalue weighted by molar-refractivity contribution is -0.121. The Bertz CT molecular complexity index is 221. The Morgan fingerprint density at radius 1 is 1.00 bits per heavy atom. The van der Waals surface area contributed by atoms with Crippen molar-refractivity contribution in [1.29, 1.82) is 0 Å². The van der Waals surface area contributed by atoms with E-state index >= 15 is 0 Å². The van der Waals surface area contributed by atoms with Crippen molar-refractivity contribution in [1.82, 2.24) is 5.32 Å². The van der Waals surface area contributed by atoms with Gasteiger partial charge in [-0.15, -0.1) is 0 Å². The standard InChI is InChI=1S/C10H17NO3.2C2H6/c1-7(12)8-3-5-9(6-4-8)11-10(13)14-2;2*1-2/h8-9H,3-6H2,1-2H3,(H,11,13);2*1-2H3. The first kappa shape index (κ1) is 19.3. The molecule has 0 spiro atoms. The molecule has 0 atom stereocenters. The van der Waals surface area contributed by atoms with Crippen molar-refractivity contribution in [2.45, 2.75) is 66.3 Å². The van der Waals surface area contributed by atoms with Gasteiger partial charge in [-0.25, -0.2) is 4.79 Å². The molecule has 0 heterocycles. The molecule has 4 heteroatoms. The van der Waals surface area contributed by atoms with Gasteiger partial charge in [-0.2, -0.15) is 0 Å². The van der Waals surface area contributed by atoms with Crippen LogP contribution in [0.1, 0.15) is 60.3 Å². The van der Waals surface area contributed by atoms with E-state index in [1.54, 1.807) is 6.92 Å². The van der Waals surface area contributed by atoms with Crippen LogP contribution in [0.4, 0.5) is 4.79 Å². The van der Waals surface area contributed by atoms with E-state index in [1.165, 1.54) is 7.11 Å². The topological polar surface area (TPSA) is 55.4 Å². The Kier molecular flexibility index (Phi) is 13.3. The molecule has 1 amide bonds. The predicted octanol–water partition coefficient (Wildman–Crippen LogP) is 3.54. The van der Waals surface area contributed by atoms with Gasteiger partial charge in [0.1, 0.15) is 5.78 Å². The largest absolute Gasteiger partial charge is 0.453 e. The Labute approximate surface area is 111 Å². The number of ether oxygens (including phenoxy) is 1. The Morgan fingerprint density at radius 3 is 1.78 bits per heavy atom. The average Bonchev–Trinajstić information content (AvgIpc) is 2.43. The Balaban J connectivity index is 0. The maximum Gasteiger partial charge on any atom is 0.407 e. The van der Waals surface area contributed by atoms with E-state index in [2.05, 4.69) is 10.1 Å². The van der Waals surface area contributed by atoms with Crippen molar-refractivity contribution in [3.8, 4) is 0 Å². The van der Waals surface area contributed by atoms with Crippen LogP contribution in [0, 0.1) is 5.92 Å². The number of ketones is 1. The summed E-state index contributed by atoms with van der Waals surface area (Å²) in [5.74, 6) is 0.465. The molecule has 0 radical (unpaired) electrons. The van der Waals surface area contributed by atoms with Crippen LogP contribution in [-0.4, -0.2) is 25.0 Å². The number of rotatable bonds is 2. The number of nitrogens with one attached hydrogen (secondary N) is 1. The van der Waals surface area contributed by atoms with Crippen LogP contribution in [0.5, 0.6) is 0 Å². The van der Waals surface area contributed by atoms with Crippen LogP contribution in [0.3, 0.4) is 0 Å². The minimum absolute atomic E-state index is 0.179. The van der Waals surface area contributed by atoms with Gasteiger partial charge in [0, 0.05) is 12.0 Å². The van der Waals surface area contributed by atoms with Crippen LogP contribution < -0.4 is 5.32 Å². The lowest BCUT2D eigenvalue weighted by Gasteiger charge is -2.27. The molecular formula is C14H29NO3. The van der Waals surface area contributed by atoms with Gasteiger partial charge in [-0.05, 0) is 32.6 Å². The monoisotopic (exact) mass is 259 g/mol. The summed E-state index contributed by atoms with van der Waals surface area (Å²) in [6.07, 6.45) is 3.13. The highest BCUT2D eigenvalue weighted by molar-refractivity contribution is 5.78. The first-order valence-electron chi connectivity index (χ1n) is 6.98. The molecule has 108 valence electrons.